The van der Waals surface area contributed by atoms with E-state index in [2.05, 4.69) is 35.7 Å². The van der Waals surface area contributed by atoms with Crippen LogP contribution in [0.4, 0.5) is 18.9 Å². The van der Waals surface area contributed by atoms with Crippen LogP contribution in [0.25, 0.3) is 0 Å². The predicted molar refractivity (Wildman–Crippen MR) is 133 cm³/mol. The minimum atomic E-state index is -4.73. The summed E-state index contributed by atoms with van der Waals surface area (Å²) in [4.78, 5) is 7.21. The van der Waals surface area contributed by atoms with E-state index in [1.165, 1.54) is 24.6 Å². The van der Waals surface area contributed by atoms with Crippen LogP contribution in [-0.4, -0.2) is 42.9 Å². The Balaban J connectivity index is 1.65. The van der Waals surface area contributed by atoms with Gasteiger partial charge in [-0.2, -0.15) is 0 Å². The van der Waals surface area contributed by atoms with Crippen molar-refractivity contribution < 1.29 is 22.6 Å². The first-order chi connectivity index (χ1) is 16.5. The Kier molecular flexibility index (Phi) is 8.88. The molecule has 2 aromatic rings. The van der Waals surface area contributed by atoms with E-state index in [1.807, 2.05) is 24.3 Å². The number of alkyl halides is 3. The number of anilines is 1. The van der Waals surface area contributed by atoms with Crippen LogP contribution in [0, 0.1) is 5.41 Å². The summed E-state index contributed by atoms with van der Waals surface area (Å²) >= 11 is 0. The molecule has 0 radical (unpaired) electrons. The van der Waals surface area contributed by atoms with Crippen LogP contribution in [0.1, 0.15) is 45.6 Å². The maximum absolute atomic E-state index is 12.4. The summed E-state index contributed by atoms with van der Waals surface area (Å²) in [5.41, 5.74) is 7.26. The SMILES string of the molecule is CC1CCCCN1C(=NCC(C)(C)CN)Nc1ccc(OCc2cccc(OC(F)(F)F)c2)cc1. The van der Waals surface area contributed by atoms with Crippen molar-refractivity contribution >= 4 is 11.6 Å². The molecule has 0 amide bonds. The highest BCUT2D eigenvalue weighted by Crippen LogP contribution is 2.25. The molecule has 35 heavy (non-hydrogen) atoms. The summed E-state index contributed by atoms with van der Waals surface area (Å²) in [6.45, 7) is 8.66. The minimum absolute atomic E-state index is 0.0912. The minimum Gasteiger partial charge on any atom is -0.489 e. The number of guanidine groups is 1. The van der Waals surface area contributed by atoms with Crippen LogP contribution in [0.15, 0.2) is 53.5 Å². The highest BCUT2D eigenvalue weighted by molar-refractivity contribution is 5.94. The van der Waals surface area contributed by atoms with Crippen LogP contribution in [0.3, 0.4) is 0 Å². The lowest BCUT2D eigenvalue weighted by Crippen LogP contribution is -2.46. The van der Waals surface area contributed by atoms with Gasteiger partial charge in [0.1, 0.15) is 18.1 Å². The molecule has 1 fully saturated rings. The van der Waals surface area contributed by atoms with Crippen molar-refractivity contribution in [3.8, 4) is 11.5 Å². The molecule has 6 nitrogen and oxygen atoms in total. The number of nitrogens with one attached hydrogen (secondary N) is 1. The number of nitrogens with two attached hydrogens (primary N) is 1. The van der Waals surface area contributed by atoms with E-state index in [4.69, 9.17) is 15.5 Å². The fraction of sp³-hybridized carbons (Fsp3) is 0.500. The fourth-order valence-corrected chi connectivity index (χ4v) is 3.73. The largest absolute Gasteiger partial charge is 0.573 e. The topological polar surface area (TPSA) is 72.1 Å². The molecule has 3 rings (SSSR count). The second kappa shape index (κ2) is 11.7. The lowest BCUT2D eigenvalue weighted by atomic mass is 9.94. The van der Waals surface area contributed by atoms with Gasteiger partial charge in [-0.25, -0.2) is 0 Å². The Hall–Kier alpha value is -2.94. The third-order valence-electron chi connectivity index (χ3n) is 5.93. The first-order valence-electron chi connectivity index (χ1n) is 11.9. The van der Waals surface area contributed by atoms with Crippen molar-refractivity contribution in [1.82, 2.24) is 4.90 Å². The molecule has 1 aliphatic heterocycles. The number of benzene rings is 2. The maximum atomic E-state index is 12.4. The number of halogens is 3. The Morgan fingerprint density at radius 3 is 2.51 bits per heavy atom. The van der Waals surface area contributed by atoms with Gasteiger partial charge in [0.15, 0.2) is 5.96 Å². The molecule has 192 valence electrons. The smallest absolute Gasteiger partial charge is 0.489 e. The van der Waals surface area contributed by atoms with Crippen molar-refractivity contribution in [3.05, 3.63) is 54.1 Å². The number of likely N-dealkylation sites (tertiary alicyclic amines) is 1. The van der Waals surface area contributed by atoms with Gasteiger partial charge in [0, 0.05) is 24.8 Å². The number of aliphatic imine (C=N–C) groups is 1. The number of rotatable bonds is 8. The third-order valence-corrected chi connectivity index (χ3v) is 5.93. The summed E-state index contributed by atoms with van der Waals surface area (Å²) in [7, 11) is 0. The van der Waals surface area contributed by atoms with Gasteiger partial charge in [-0.3, -0.25) is 4.99 Å². The number of ether oxygens (including phenoxy) is 2. The van der Waals surface area contributed by atoms with Gasteiger partial charge in [0.25, 0.3) is 0 Å². The van der Waals surface area contributed by atoms with Crippen molar-refractivity contribution in [1.29, 1.82) is 0 Å². The lowest BCUT2D eigenvalue weighted by molar-refractivity contribution is -0.274. The van der Waals surface area contributed by atoms with E-state index >= 15 is 0 Å². The number of hydrogen-bond donors (Lipinski definition) is 2. The lowest BCUT2D eigenvalue weighted by Gasteiger charge is -2.36. The highest BCUT2D eigenvalue weighted by Gasteiger charge is 2.31. The summed E-state index contributed by atoms with van der Waals surface area (Å²) in [5, 5.41) is 3.46. The van der Waals surface area contributed by atoms with Gasteiger partial charge < -0.3 is 25.4 Å². The summed E-state index contributed by atoms with van der Waals surface area (Å²) < 4.78 is 47.0. The van der Waals surface area contributed by atoms with Crippen LogP contribution in [-0.2, 0) is 6.61 Å². The van der Waals surface area contributed by atoms with Crippen LogP contribution in [0.2, 0.25) is 0 Å². The second-order valence-electron chi connectivity index (χ2n) is 9.68. The monoisotopic (exact) mass is 492 g/mol. The molecule has 0 aliphatic carbocycles. The molecule has 0 bridgehead atoms. The second-order valence-corrected chi connectivity index (χ2v) is 9.68. The average molecular weight is 493 g/mol. The molecular formula is C26H35F3N4O2. The van der Waals surface area contributed by atoms with Gasteiger partial charge >= 0.3 is 6.36 Å². The van der Waals surface area contributed by atoms with Crippen molar-refractivity contribution in [2.45, 2.75) is 59.0 Å². The van der Waals surface area contributed by atoms with Crippen LogP contribution in [0.5, 0.6) is 11.5 Å². The molecule has 2 aromatic carbocycles. The summed E-state index contributed by atoms with van der Waals surface area (Å²) in [6, 6.07) is 13.6. The Labute approximate surface area is 205 Å². The molecule has 1 atom stereocenters. The van der Waals surface area contributed by atoms with Crippen LogP contribution < -0.4 is 20.5 Å². The van der Waals surface area contributed by atoms with E-state index in [9.17, 15) is 13.2 Å². The van der Waals surface area contributed by atoms with Gasteiger partial charge in [-0.15, -0.1) is 13.2 Å². The standard InChI is InChI=1S/C26H35F3N4O2/c1-19-7-4-5-14-33(19)24(31-18-25(2,3)17-30)32-21-10-12-22(13-11-21)34-16-20-8-6-9-23(15-20)35-26(27,28)29/h6,8-13,15,19H,4-5,7,14,16-18,30H2,1-3H3,(H,31,32). The molecule has 0 aromatic heterocycles. The van der Waals surface area contributed by atoms with E-state index in [0.717, 1.165) is 31.0 Å². The van der Waals surface area contributed by atoms with E-state index in [1.54, 1.807) is 6.07 Å². The number of hydrogen-bond acceptors (Lipinski definition) is 4. The molecule has 1 aliphatic rings. The quantitative estimate of drug-likeness (QED) is 0.360. The normalized spacial score (nSPS) is 17.3. The van der Waals surface area contributed by atoms with E-state index in [-0.39, 0.29) is 17.8 Å². The molecule has 1 heterocycles. The van der Waals surface area contributed by atoms with Gasteiger partial charge in [-0.1, -0.05) is 26.0 Å². The van der Waals surface area contributed by atoms with Crippen LogP contribution >= 0.6 is 0 Å². The van der Waals surface area contributed by atoms with Crippen molar-refractivity contribution in [2.24, 2.45) is 16.1 Å². The Morgan fingerprint density at radius 1 is 1.11 bits per heavy atom. The molecule has 0 spiro atoms. The average Bonchev–Trinajstić information content (AvgIpc) is 2.81. The molecule has 9 heteroatoms. The number of piperidine rings is 1. The fourth-order valence-electron chi connectivity index (χ4n) is 3.73. The van der Waals surface area contributed by atoms with E-state index < -0.39 is 6.36 Å². The maximum Gasteiger partial charge on any atom is 0.573 e. The summed E-state index contributed by atoms with van der Waals surface area (Å²) in [5.74, 6) is 1.18. The zero-order chi connectivity index (χ0) is 25.5. The predicted octanol–water partition coefficient (Wildman–Crippen LogP) is 5.79. The first-order valence-corrected chi connectivity index (χ1v) is 11.9. The first kappa shape index (κ1) is 26.7. The molecule has 0 saturated carbocycles. The molecule has 3 N–H and O–H groups in total. The molecular weight excluding hydrogens is 457 g/mol. The number of nitrogens with zero attached hydrogens (tertiary/aromatic N) is 2. The summed E-state index contributed by atoms with van der Waals surface area (Å²) in [6.07, 6.45) is -1.25. The Bertz CT molecular complexity index is 977. The van der Waals surface area contributed by atoms with Crippen molar-refractivity contribution in [2.75, 3.05) is 25.0 Å². The van der Waals surface area contributed by atoms with Gasteiger partial charge in [0.2, 0.25) is 0 Å². The van der Waals surface area contributed by atoms with Gasteiger partial charge in [-0.05, 0) is 80.1 Å². The van der Waals surface area contributed by atoms with Gasteiger partial charge in [0.05, 0.1) is 0 Å². The zero-order valence-corrected chi connectivity index (χ0v) is 20.6. The highest BCUT2D eigenvalue weighted by atomic mass is 19.4. The van der Waals surface area contributed by atoms with E-state index in [0.29, 0.717) is 30.4 Å². The molecule has 1 saturated heterocycles. The molecule has 1 unspecified atom stereocenters. The zero-order valence-electron chi connectivity index (χ0n) is 20.6. The van der Waals surface area contributed by atoms with Crippen molar-refractivity contribution in [3.63, 3.8) is 0 Å². The third kappa shape index (κ3) is 8.65. The Morgan fingerprint density at radius 2 is 1.86 bits per heavy atom.